The van der Waals surface area contributed by atoms with Crippen molar-refractivity contribution in [2.75, 3.05) is 0 Å². The van der Waals surface area contributed by atoms with Crippen LogP contribution in [0.15, 0.2) is 82.6 Å². The van der Waals surface area contributed by atoms with Gasteiger partial charge < -0.3 is 9.11 Å². The van der Waals surface area contributed by atoms with Gasteiger partial charge in [0.05, 0.1) is 9.79 Å². The first-order chi connectivity index (χ1) is 18.0. The molecule has 0 saturated carbocycles. The van der Waals surface area contributed by atoms with Crippen LogP contribution in [0.2, 0.25) is 0 Å². The van der Waals surface area contributed by atoms with Crippen LogP contribution in [0.25, 0.3) is 21.5 Å². The summed E-state index contributed by atoms with van der Waals surface area (Å²) in [5, 5.41) is 2.64. The number of hydrogen-bond acceptors (Lipinski definition) is 6. The molecule has 0 aliphatic heterocycles. The van der Waals surface area contributed by atoms with Gasteiger partial charge in [-0.3, -0.25) is 0 Å². The zero-order valence-corrected chi connectivity index (χ0v) is 26.4. The Kier molecular flexibility index (Phi) is 13.4. The Balaban J connectivity index is 0.000000267. The summed E-state index contributed by atoms with van der Waals surface area (Å²) in [6, 6.07) is 21.2. The molecule has 0 atom stereocenters. The molecule has 0 aromatic heterocycles. The third-order valence-electron chi connectivity index (χ3n) is 6.44. The molecule has 0 fully saturated rings. The van der Waals surface area contributed by atoms with Gasteiger partial charge in [0.2, 0.25) is 0 Å². The number of unbranched alkanes of at least 4 members (excludes halogenated alkanes) is 4. The first-order valence-corrected chi connectivity index (χ1v) is 15.8. The van der Waals surface area contributed by atoms with Crippen molar-refractivity contribution >= 4 is 79.5 Å². The SMILES string of the molecule is CCCCCc1cc(S(=O)(=O)[O-])c2ccccc2c1.CCCCCc1cc(S(=O)(=O)[O-])c2ccccc2c1.[Ca+2]. The molecule has 4 rings (SSSR count). The van der Waals surface area contributed by atoms with E-state index in [0.717, 1.165) is 73.3 Å². The van der Waals surface area contributed by atoms with Gasteiger partial charge in [0.25, 0.3) is 0 Å². The minimum absolute atomic E-state index is 0. The maximum absolute atomic E-state index is 11.4. The van der Waals surface area contributed by atoms with Crippen LogP contribution in [0.1, 0.15) is 63.5 Å². The first kappa shape index (κ1) is 33.7. The van der Waals surface area contributed by atoms with Crippen LogP contribution in [0.4, 0.5) is 0 Å². The molecule has 9 heteroatoms. The smallest absolute Gasteiger partial charge is 0.744 e. The number of benzene rings is 4. The molecule has 204 valence electrons. The first-order valence-electron chi connectivity index (χ1n) is 13.0. The quantitative estimate of drug-likeness (QED) is 0.116. The van der Waals surface area contributed by atoms with E-state index in [-0.39, 0.29) is 47.5 Å². The topological polar surface area (TPSA) is 114 Å². The second kappa shape index (κ2) is 15.5. The van der Waals surface area contributed by atoms with Gasteiger partial charge in [0, 0.05) is 0 Å². The Hall–Kier alpha value is -1.52. The largest absolute Gasteiger partial charge is 2.00 e. The van der Waals surface area contributed by atoms with Crippen LogP contribution in [-0.4, -0.2) is 63.7 Å². The van der Waals surface area contributed by atoms with Gasteiger partial charge in [0.1, 0.15) is 20.2 Å². The molecule has 0 bridgehead atoms. The molecule has 4 aromatic carbocycles. The second-order valence-corrected chi connectivity index (χ2v) is 12.1. The molecular weight excluding hydrogens is 561 g/mol. The van der Waals surface area contributed by atoms with Crippen molar-refractivity contribution in [1.29, 1.82) is 0 Å². The van der Waals surface area contributed by atoms with E-state index in [2.05, 4.69) is 13.8 Å². The molecule has 4 aromatic rings. The van der Waals surface area contributed by atoms with Crippen molar-refractivity contribution in [1.82, 2.24) is 0 Å². The molecule has 0 saturated heterocycles. The fraction of sp³-hybridized carbons (Fsp3) is 0.333. The van der Waals surface area contributed by atoms with Crippen LogP contribution >= 0.6 is 0 Å². The van der Waals surface area contributed by atoms with E-state index in [0.29, 0.717) is 10.8 Å². The van der Waals surface area contributed by atoms with Crippen LogP contribution in [0.5, 0.6) is 0 Å². The van der Waals surface area contributed by atoms with E-state index in [1.807, 2.05) is 36.4 Å². The van der Waals surface area contributed by atoms with Gasteiger partial charge >= 0.3 is 37.7 Å². The van der Waals surface area contributed by atoms with Crippen LogP contribution in [0, 0.1) is 0 Å². The molecule has 0 N–H and O–H groups in total. The van der Waals surface area contributed by atoms with Gasteiger partial charge in [-0.25, -0.2) is 16.8 Å². The van der Waals surface area contributed by atoms with E-state index in [1.165, 1.54) is 12.1 Å². The summed E-state index contributed by atoms with van der Waals surface area (Å²) in [5.41, 5.74) is 1.84. The molecule has 39 heavy (non-hydrogen) atoms. The molecule has 0 unspecified atom stereocenters. The summed E-state index contributed by atoms with van der Waals surface area (Å²) < 4.78 is 68.2. The zero-order chi connectivity index (χ0) is 27.8. The van der Waals surface area contributed by atoms with Crippen molar-refractivity contribution < 1.29 is 25.9 Å². The maximum Gasteiger partial charge on any atom is 2.00 e. The Morgan fingerprint density at radius 1 is 0.564 bits per heavy atom. The van der Waals surface area contributed by atoms with Crippen LogP contribution in [0.3, 0.4) is 0 Å². The number of fused-ring (bicyclic) bond motifs is 2. The number of rotatable bonds is 10. The predicted molar refractivity (Wildman–Crippen MR) is 156 cm³/mol. The Morgan fingerprint density at radius 3 is 1.26 bits per heavy atom. The van der Waals surface area contributed by atoms with Crippen molar-refractivity contribution in [3.63, 3.8) is 0 Å². The van der Waals surface area contributed by atoms with E-state index in [1.54, 1.807) is 24.3 Å². The molecule has 6 nitrogen and oxygen atoms in total. The minimum Gasteiger partial charge on any atom is -0.744 e. The predicted octanol–water partition coefficient (Wildman–Crippen LogP) is 6.57. The van der Waals surface area contributed by atoms with Crippen molar-refractivity contribution in [2.24, 2.45) is 0 Å². The van der Waals surface area contributed by atoms with Gasteiger partial charge in [-0.2, -0.15) is 0 Å². The third kappa shape index (κ3) is 9.81. The Bertz CT molecular complexity index is 1480. The van der Waals surface area contributed by atoms with E-state index >= 15 is 0 Å². The molecule has 0 aliphatic rings. The van der Waals surface area contributed by atoms with Crippen LogP contribution in [-0.2, 0) is 33.1 Å². The van der Waals surface area contributed by atoms with Gasteiger partial charge in [-0.15, -0.1) is 0 Å². The average Bonchev–Trinajstić information content (AvgIpc) is 2.87. The van der Waals surface area contributed by atoms with Crippen molar-refractivity contribution in [3.05, 3.63) is 83.9 Å². The maximum atomic E-state index is 11.4. The molecule has 0 heterocycles. The number of hydrogen-bond donors (Lipinski definition) is 0. The molecule has 0 radical (unpaired) electrons. The zero-order valence-electron chi connectivity index (χ0n) is 22.6. The fourth-order valence-corrected chi connectivity index (χ4v) is 6.03. The van der Waals surface area contributed by atoms with Crippen molar-refractivity contribution in [3.8, 4) is 0 Å². The van der Waals surface area contributed by atoms with Gasteiger partial charge in [-0.05, 0) is 70.5 Å². The van der Waals surface area contributed by atoms with Gasteiger partial charge in [0.15, 0.2) is 0 Å². The number of aryl methyl sites for hydroxylation is 2. The van der Waals surface area contributed by atoms with E-state index < -0.39 is 20.2 Å². The standard InChI is InChI=1S/2C15H18O3S.Ca/c2*1-2-3-4-7-12-10-13-8-5-6-9-14(13)15(11-12)19(16,17)18;/h2*5-6,8-11H,2-4,7H2,1H3,(H,16,17,18);/q;;+2/p-2. The van der Waals surface area contributed by atoms with Crippen LogP contribution < -0.4 is 0 Å². The molecule has 0 aliphatic carbocycles. The van der Waals surface area contributed by atoms with E-state index in [4.69, 9.17) is 0 Å². The summed E-state index contributed by atoms with van der Waals surface area (Å²) in [6.07, 6.45) is 8.06. The monoisotopic (exact) mass is 594 g/mol. The third-order valence-corrected chi connectivity index (χ3v) is 8.20. The summed E-state index contributed by atoms with van der Waals surface area (Å²) >= 11 is 0. The second-order valence-electron chi connectivity index (χ2n) is 9.45. The normalized spacial score (nSPS) is 11.6. The molecule has 0 amide bonds. The van der Waals surface area contributed by atoms with Crippen molar-refractivity contribution in [2.45, 2.75) is 75.0 Å². The average molecular weight is 595 g/mol. The molecular formula is C30H34CaO6S2. The Labute approximate surface area is 262 Å². The van der Waals surface area contributed by atoms with E-state index in [9.17, 15) is 25.9 Å². The summed E-state index contributed by atoms with van der Waals surface area (Å²) in [5.74, 6) is 0. The summed E-state index contributed by atoms with van der Waals surface area (Å²) in [7, 11) is -8.87. The Morgan fingerprint density at radius 2 is 0.923 bits per heavy atom. The van der Waals surface area contributed by atoms with Gasteiger partial charge in [-0.1, -0.05) is 100 Å². The fourth-order valence-electron chi connectivity index (χ4n) is 4.53. The minimum atomic E-state index is -4.43. The molecule has 0 spiro atoms. The summed E-state index contributed by atoms with van der Waals surface area (Å²) in [6.45, 7) is 4.24. The summed E-state index contributed by atoms with van der Waals surface area (Å²) in [4.78, 5) is -0.200.